The van der Waals surface area contributed by atoms with Crippen molar-refractivity contribution in [1.82, 2.24) is 9.62 Å². The number of nitrogens with zero attached hydrogens (tertiary/aromatic N) is 1. The predicted octanol–water partition coefficient (Wildman–Crippen LogP) is 3.12. The van der Waals surface area contributed by atoms with Crippen LogP contribution in [0.15, 0.2) is 47.4 Å². The minimum absolute atomic E-state index is 0.0888. The quantitative estimate of drug-likeness (QED) is 0.701. The first-order valence-electron chi connectivity index (χ1n) is 10.0. The Morgan fingerprint density at radius 3 is 2.45 bits per heavy atom. The number of halogens is 1. The van der Waals surface area contributed by atoms with Crippen molar-refractivity contribution in [3.05, 3.63) is 53.8 Å². The van der Waals surface area contributed by atoms with Crippen LogP contribution in [-0.4, -0.2) is 45.9 Å². The zero-order valence-corrected chi connectivity index (χ0v) is 18.6. The van der Waals surface area contributed by atoms with Crippen molar-refractivity contribution < 1.29 is 27.1 Å². The average Bonchev–Trinajstić information content (AvgIpc) is 2.78. The lowest BCUT2D eigenvalue weighted by atomic mass is 9.98. The second kappa shape index (κ2) is 9.65. The minimum Gasteiger partial charge on any atom is -0.493 e. The summed E-state index contributed by atoms with van der Waals surface area (Å²) in [7, 11) is -0.874. The van der Waals surface area contributed by atoms with E-state index in [9.17, 15) is 17.6 Å². The topological polar surface area (TPSA) is 84.9 Å². The van der Waals surface area contributed by atoms with Crippen molar-refractivity contribution in [3.63, 3.8) is 0 Å². The summed E-state index contributed by atoms with van der Waals surface area (Å²) in [6.45, 7) is 2.25. The van der Waals surface area contributed by atoms with E-state index in [1.165, 1.54) is 42.8 Å². The number of sulfonamides is 1. The fourth-order valence-electron chi connectivity index (χ4n) is 3.67. The maximum atomic E-state index is 13.2. The van der Waals surface area contributed by atoms with Crippen LogP contribution < -0.4 is 14.8 Å². The van der Waals surface area contributed by atoms with Gasteiger partial charge in [-0.15, -0.1) is 0 Å². The van der Waals surface area contributed by atoms with Gasteiger partial charge in [-0.25, -0.2) is 12.8 Å². The van der Waals surface area contributed by atoms with Crippen LogP contribution in [0, 0.1) is 11.7 Å². The van der Waals surface area contributed by atoms with Gasteiger partial charge in [0.2, 0.25) is 15.9 Å². The third-order valence-electron chi connectivity index (χ3n) is 5.48. The third kappa shape index (κ3) is 5.16. The van der Waals surface area contributed by atoms with Crippen LogP contribution >= 0.6 is 0 Å². The van der Waals surface area contributed by atoms with Crippen LogP contribution in [0.2, 0.25) is 0 Å². The van der Waals surface area contributed by atoms with Gasteiger partial charge in [0, 0.05) is 19.2 Å². The van der Waals surface area contributed by atoms with Crippen LogP contribution in [0.25, 0.3) is 0 Å². The molecule has 0 radical (unpaired) electrons. The van der Waals surface area contributed by atoms with Gasteiger partial charge >= 0.3 is 0 Å². The van der Waals surface area contributed by atoms with Crippen molar-refractivity contribution in [2.75, 3.05) is 27.3 Å². The highest BCUT2D eigenvalue weighted by Gasteiger charge is 2.34. The number of piperidine rings is 1. The molecule has 1 saturated heterocycles. The van der Waals surface area contributed by atoms with E-state index in [1.807, 2.05) is 6.92 Å². The van der Waals surface area contributed by atoms with Crippen LogP contribution in [0.1, 0.15) is 31.4 Å². The standard InChI is InChI=1S/C22H27FN2O5S/c1-15(16-6-8-18(23)9-7-16)24-22(26)17-5-4-12-25(14-17)31(27,28)19-10-11-20(29-2)21(13-19)30-3/h6-11,13,15,17H,4-5,12,14H2,1-3H3,(H,24,26)/t15-,17-/m0/s1. The number of carbonyl (C=O) groups excluding carboxylic acids is 1. The molecule has 0 unspecified atom stereocenters. The number of hydrogen-bond donors (Lipinski definition) is 1. The van der Waals surface area contributed by atoms with E-state index in [1.54, 1.807) is 18.2 Å². The van der Waals surface area contributed by atoms with Crippen LogP contribution in [0.5, 0.6) is 11.5 Å². The van der Waals surface area contributed by atoms with Crippen LogP contribution in [-0.2, 0) is 14.8 Å². The van der Waals surface area contributed by atoms with Crippen molar-refractivity contribution in [2.24, 2.45) is 5.92 Å². The van der Waals surface area contributed by atoms with E-state index in [-0.39, 0.29) is 29.2 Å². The zero-order chi connectivity index (χ0) is 22.6. The second-order valence-electron chi connectivity index (χ2n) is 7.50. The molecular weight excluding hydrogens is 423 g/mol. The molecule has 168 valence electrons. The first kappa shape index (κ1) is 23.0. The molecule has 1 aliphatic heterocycles. The Balaban J connectivity index is 1.71. The second-order valence-corrected chi connectivity index (χ2v) is 9.44. The number of benzene rings is 2. The highest BCUT2D eigenvalue weighted by molar-refractivity contribution is 7.89. The molecule has 7 nitrogen and oxygen atoms in total. The van der Waals surface area contributed by atoms with E-state index in [0.29, 0.717) is 30.9 Å². The van der Waals surface area contributed by atoms with E-state index in [0.717, 1.165) is 5.56 Å². The molecule has 0 saturated carbocycles. The van der Waals surface area contributed by atoms with Gasteiger partial charge < -0.3 is 14.8 Å². The molecule has 9 heteroatoms. The number of carbonyl (C=O) groups is 1. The number of methoxy groups -OCH3 is 2. The van der Waals surface area contributed by atoms with Gasteiger partial charge in [0.1, 0.15) is 5.82 Å². The summed E-state index contributed by atoms with van der Waals surface area (Å²) in [5.41, 5.74) is 0.778. The van der Waals surface area contributed by atoms with Crippen molar-refractivity contribution in [1.29, 1.82) is 0 Å². The van der Waals surface area contributed by atoms with Crippen molar-refractivity contribution in [3.8, 4) is 11.5 Å². The highest BCUT2D eigenvalue weighted by atomic mass is 32.2. The maximum absolute atomic E-state index is 13.2. The Kier molecular flexibility index (Phi) is 7.17. The molecule has 2 aromatic carbocycles. The van der Waals surface area contributed by atoms with E-state index < -0.39 is 15.9 Å². The molecule has 0 aliphatic carbocycles. The van der Waals surface area contributed by atoms with Crippen molar-refractivity contribution in [2.45, 2.75) is 30.7 Å². The SMILES string of the molecule is COc1ccc(S(=O)(=O)N2CCC[C@H](C(=O)N[C@@H](C)c3ccc(F)cc3)C2)cc1OC. The van der Waals surface area contributed by atoms with E-state index >= 15 is 0 Å². The molecule has 2 atom stereocenters. The molecule has 1 N–H and O–H groups in total. The lowest BCUT2D eigenvalue weighted by Gasteiger charge is -2.32. The molecule has 2 aromatic rings. The van der Waals surface area contributed by atoms with Crippen LogP contribution in [0.3, 0.4) is 0 Å². The normalized spacial score (nSPS) is 18.3. The van der Waals surface area contributed by atoms with Crippen LogP contribution in [0.4, 0.5) is 4.39 Å². The fraction of sp³-hybridized carbons (Fsp3) is 0.409. The van der Waals surface area contributed by atoms with Gasteiger partial charge in [-0.2, -0.15) is 4.31 Å². The summed E-state index contributed by atoms with van der Waals surface area (Å²) in [6, 6.07) is 10.1. The summed E-state index contributed by atoms with van der Waals surface area (Å²) < 4.78 is 51.2. The first-order chi connectivity index (χ1) is 14.8. The summed E-state index contributed by atoms with van der Waals surface area (Å²) in [5, 5.41) is 2.91. The molecule has 0 aromatic heterocycles. The molecule has 1 amide bonds. The smallest absolute Gasteiger partial charge is 0.243 e. The summed E-state index contributed by atoms with van der Waals surface area (Å²) in [4.78, 5) is 12.9. The van der Waals surface area contributed by atoms with E-state index in [2.05, 4.69) is 5.32 Å². The predicted molar refractivity (Wildman–Crippen MR) is 114 cm³/mol. The zero-order valence-electron chi connectivity index (χ0n) is 17.8. The fourth-order valence-corrected chi connectivity index (χ4v) is 5.21. The molecule has 1 heterocycles. The summed E-state index contributed by atoms with van der Waals surface area (Å²) in [6.07, 6.45) is 1.18. The Bertz CT molecular complexity index is 1030. The molecule has 1 aliphatic rings. The van der Waals surface area contributed by atoms with Gasteiger partial charge in [-0.1, -0.05) is 12.1 Å². The summed E-state index contributed by atoms with van der Waals surface area (Å²) >= 11 is 0. The van der Waals surface area contributed by atoms with Gasteiger partial charge in [-0.3, -0.25) is 4.79 Å². The molecule has 31 heavy (non-hydrogen) atoms. The molecule has 3 rings (SSSR count). The number of ether oxygens (including phenoxy) is 2. The van der Waals surface area contributed by atoms with E-state index in [4.69, 9.17) is 9.47 Å². The van der Waals surface area contributed by atoms with Gasteiger partial charge in [0.15, 0.2) is 11.5 Å². The number of rotatable bonds is 7. The monoisotopic (exact) mass is 450 g/mol. The Labute approximate surface area is 182 Å². The van der Waals surface area contributed by atoms with Gasteiger partial charge in [0.25, 0.3) is 0 Å². The van der Waals surface area contributed by atoms with Gasteiger partial charge in [-0.05, 0) is 49.6 Å². The average molecular weight is 451 g/mol. The maximum Gasteiger partial charge on any atom is 0.243 e. The first-order valence-corrected chi connectivity index (χ1v) is 11.5. The number of hydrogen-bond acceptors (Lipinski definition) is 5. The highest BCUT2D eigenvalue weighted by Crippen LogP contribution is 2.32. The van der Waals surface area contributed by atoms with Crippen molar-refractivity contribution >= 4 is 15.9 Å². The third-order valence-corrected chi connectivity index (χ3v) is 7.34. The molecule has 1 fully saturated rings. The Morgan fingerprint density at radius 2 is 1.81 bits per heavy atom. The minimum atomic E-state index is -3.80. The Morgan fingerprint density at radius 1 is 1.13 bits per heavy atom. The number of nitrogens with one attached hydrogen (secondary N) is 1. The lowest BCUT2D eigenvalue weighted by Crippen LogP contribution is -2.45. The molecular formula is C22H27FN2O5S. The summed E-state index contributed by atoms with van der Waals surface area (Å²) in [5.74, 6) is -0.267. The molecule has 0 spiro atoms. The molecule has 0 bridgehead atoms. The lowest BCUT2D eigenvalue weighted by molar-refractivity contribution is -0.126. The Hall–Kier alpha value is -2.65. The number of amides is 1. The largest absolute Gasteiger partial charge is 0.493 e. The van der Waals surface area contributed by atoms with Gasteiger partial charge in [0.05, 0.1) is 31.1 Å².